The molecule has 0 aliphatic heterocycles. The summed E-state index contributed by atoms with van der Waals surface area (Å²) in [7, 11) is 3.68. The second-order valence-electron chi connectivity index (χ2n) is 10.4. The molecule has 0 aromatic heterocycles. The predicted octanol–water partition coefficient (Wildman–Crippen LogP) is 8.50. The Morgan fingerprint density at radius 2 is 1.06 bits per heavy atom. The smallest absolute Gasteiger partial charge is 0.376 e. The van der Waals surface area contributed by atoms with E-state index < -0.39 is 13.3 Å². The standard InChI is InChI=1S/C27H55NO2P/c1-6-8-9-10-11-12-13-14-15-16-17-18-19-20-21-22-23-24-26-27(25-7-2,31(29)30)28(3,4)5/h11-12H,6-10,13-26H2,1-5H3/q+1. The van der Waals surface area contributed by atoms with Crippen molar-refractivity contribution in [1.82, 2.24) is 0 Å². The Balaban J connectivity index is 3.64. The third-order valence-corrected chi connectivity index (χ3v) is 8.55. The van der Waals surface area contributed by atoms with Crippen LogP contribution in [-0.4, -0.2) is 30.9 Å². The third kappa shape index (κ3) is 14.5. The van der Waals surface area contributed by atoms with Crippen LogP contribution in [0.5, 0.6) is 0 Å². The minimum Gasteiger partial charge on any atom is -0.590 e. The van der Waals surface area contributed by atoms with Crippen LogP contribution in [0.15, 0.2) is 12.2 Å². The molecule has 4 heteroatoms. The van der Waals surface area contributed by atoms with Crippen LogP contribution in [0.25, 0.3) is 0 Å². The van der Waals surface area contributed by atoms with Gasteiger partial charge in [0.05, 0.1) is 21.1 Å². The van der Waals surface area contributed by atoms with E-state index in [4.69, 9.17) is 0 Å². The summed E-state index contributed by atoms with van der Waals surface area (Å²) in [4.78, 5) is 12.1. The van der Waals surface area contributed by atoms with Gasteiger partial charge in [0.1, 0.15) is 0 Å². The van der Waals surface area contributed by atoms with E-state index in [1.165, 1.54) is 96.3 Å². The van der Waals surface area contributed by atoms with Crippen LogP contribution >= 0.6 is 8.03 Å². The first kappa shape index (κ1) is 30.8. The maximum Gasteiger partial charge on any atom is 0.376 e. The lowest BCUT2D eigenvalue weighted by Crippen LogP contribution is -2.55. The molecule has 3 nitrogen and oxygen atoms in total. The van der Waals surface area contributed by atoms with Crippen LogP contribution in [0.1, 0.15) is 136 Å². The quantitative estimate of drug-likeness (QED) is 0.0709. The van der Waals surface area contributed by atoms with E-state index in [0.29, 0.717) is 4.48 Å². The molecule has 0 N–H and O–H groups in total. The normalized spacial score (nSPS) is 14.8. The minimum absolute atomic E-state index is 0.523. The molecule has 0 amide bonds. The van der Waals surface area contributed by atoms with Crippen molar-refractivity contribution in [3.05, 3.63) is 12.2 Å². The lowest BCUT2D eigenvalue weighted by atomic mass is 9.99. The van der Waals surface area contributed by atoms with Crippen LogP contribution in [-0.2, 0) is 4.57 Å². The van der Waals surface area contributed by atoms with Gasteiger partial charge in [-0.2, -0.15) is 0 Å². The van der Waals surface area contributed by atoms with Gasteiger partial charge < -0.3 is 4.89 Å². The van der Waals surface area contributed by atoms with Crippen LogP contribution in [0.3, 0.4) is 0 Å². The molecule has 2 unspecified atom stereocenters. The molecule has 0 heterocycles. The Labute approximate surface area is 196 Å². The average Bonchev–Trinajstić information content (AvgIpc) is 2.71. The number of unbranched alkanes of at least 4 members (excludes halogenated alkanes) is 14. The molecule has 0 saturated heterocycles. The first-order valence-corrected chi connectivity index (χ1v) is 14.6. The molecule has 0 spiro atoms. The lowest BCUT2D eigenvalue weighted by Gasteiger charge is -2.39. The molecule has 0 fully saturated rings. The summed E-state index contributed by atoms with van der Waals surface area (Å²) in [5.41, 5.74) is 0. The van der Waals surface area contributed by atoms with E-state index in [2.05, 4.69) is 26.0 Å². The lowest BCUT2D eigenvalue weighted by molar-refractivity contribution is -0.910. The summed E-state index contributed by atoms with van der Waals surface area (Å²) < 4.78 is 12.6. The molecule has 0 bridgehead atoms. The highest BCUT2D eigenvalue weighted by Crippen LogP contribution is 2.45. The monoisotopic (exact) mass is 456 g/mol. The zero-order chi connectivity index (χ0) is 23.4. The highest BCUT2D eigenvalue weighted by molar-refractivity contribution is 7.38. The van der Waals surface area contributed by atoms with Crippen molar-refractivity contribution >= 4 is 8.03 Å². The molecule has 184 valence electrons. The molecule has 0 radical (unpaired) electrons. The Morgan fingerprint density at radius 3 is 1.45 bits per heavy atom. The fourth-order valence-electron chi connectivity index (χ4n) is 4.63. The highest BCUT2D eigenvalue weighted by atomic mass is 31.1. The first-order valence-electron chi connectivity index (χ1n) is 13.4. The van der Waals surface area contributed by atoms with E-state index in [-0.39, 0.29) is 0 Å². The number of allylic oxidation sites excluding steroid dienone is 2. The Kier molecular flexibility index (Phi) is 19.1. The van der Waals surface area contributed by atoms with Crippen molar-refractivity contribution in [2.24, 2.45) is 0 Å². The molecule has 2 atom stereocenters. The Morgan fingerprint density at radius 1 is 0.645 bits per heavy atom. The number of quaternary nitrogens is 1. The van der Waals surface area contributed by atoms with E-state index in [9.17, 15) is 9.46 Å². The fraction of sp³-hybridized carbons (Fsp3) is 0.926. The van der Waals surface area contributed by atoms with E-state index in [1.807, 2.05) is 21.1 Å². The van der Waals surface area contributed by atoms with E-state index >= 15 is 0 Å². The van der Waals surface area contributed by atoms with E-state index in [1.54, 1.807) is 0 Å². The summed E-state index contributed by atoms with van der Waals surface area (Å²) >= 11 is 0. The van der Waals surface area contributed by atoms with Crippen LogP contribution in [0.2, 0.25) is 0 Å². The largest absolute Gasteiger partial charge is 0.590 e. The van der Waals surface area contributed by atoms with Crippen molar-refractivity contribution in [2.75, 3.05) is 21.1 Å². The van der Waals surface area contributed by atoms with Gasteiger partial charge in [-0.15, -0.1) is 0 Å². The van der Waals surface area contributed by atoms with Gasteiger partial charge in [-0.1, -0.05) is 101 Å². The van der Waals surface area contributed by atoms with Crippen molar-refractivity contribution in [1.29, 1.82) is 0 Å². The van der Waals surface area contributed by atoms with Gasteiger partial charge in [0, 0.05) is 12.8 Å². The Bertz CT molecular complexity index is 459. The predicted molar refractivity (Wildman–Crippen MR) is 137 cm³/mol. The Hall–Kier alpha value is -0.240. The number of nitrogens with zero attached hydrogens (tertiary/aromatic N) is 1. The van der Waals surface area contributed by atoms with Gasteiger partial charge in [0.25, 0.3) is 5.28 Å². The van der Waals surface area contributed by atoms with Crippen molar-refractivity contribution in [2.45, 2.75) is 141 Å². The summed E-state index contributed by atoms with van der Waals surface area (Å²) in [6.45, 7) is 4.35. The highest BCUT2D eigenvalue weighted by Gasteiger charge is 2.53. The average molecular weight is 457 g/mol. The van der Waals surface area contributed by atoms with Crippen molar-refractivity contribution in [3.63, 3.8) is 0 Å². The summed E-state index contributed by atoms with van der Waals surface area (Å²) in [5.74, 6) is 0. The fourth-order valence-corrected chi connectivity index (χ4v) is 5.87. The molecule has 0 aromatic carbocycles. The molecule has 0 saturated carbocycles. The summed E-state index contributed by atoms with van der Waals surface area (Å²) in [6.07, 6.45) is 28.2. The summed E-state index contributed by atoms with van der Waals surface area (Å²) in [6, 6.07) is 0. The molecule has 0 aromatic rings. The molecular weight excluding hydrogens is 401 g/mol. The third-order valence-electron chi connectivity index (χ3n) is 6.83. The topological polar surface area (TPSA) is 40.1 Å². The van der Waals surface area contributed by atoms with E-state index in [0.717, 1.165) is 25.7 Å². The molecule has 31 heavy (non-hydrogen) atoms. The van der Waals surface area contributed by atoms with Crippen LogP contribution in [0, 0.1) is 0 Å². The molecule has 0 rings (SSSR count). The second-order valence-corrected chi connectivity index (χ2v) is 11.7. The summed E-state index contributed by atoms with van der Waals surface area (Å²) in [5, 5.41) is -0.588. The molecule has 0 aliphatic rings. The van der Waals surface area contributed by atoms with Gasteiger partial charge in [0.15, 0.2) is 0 Å². The maximum absolute atomic E-state index is 12.1. The number of hydrogen-bond donors (Lipinski definition) is 0. The van der Waals surface area contributed by atoms with Gasteiger partial charge in [-0.25, -0.2) is 0 Å². The van der Waals surface area contributed by atoms with Crippen molar-refractivity contribution in [3.8, 4) is 0 Å². The van der Waals surface area contributed by atoms with Gasteiger partial charge in [0.2, 0.25) is 0 Å². The number of rotatable bonds is 22. The van der Waals surface area contributed by atoms with Crippen LogP contribution in [0.4, 0.5) is 0 Å². The van der Waals surface area contributed by atoms with Crippen LogP contribution < -0.4 is 4.89 Å². The van der Waals surface area contributed by atoms with Gasteiger partial charge in [-0.05, 0) is 38.5 Å². The molecule has 0 aliphatic carbocycles. The number of hydrogen-bond acceptors (Lipinski definition) is 2. The zero-order valence-electron chi connectivity index (χ0n) is 21.8. The van der Waals surface area contributed by atoms with Gasteiger partial charge in [-0.3, -0.25) is 4.48 Å². The SMILES string of the molecule is CCCCCC=CCCCCCCCCCCCCCC(CCC)([P+](=O)[O-])[N+](C)(C)C. The minimum atomic E-state index is -2.42. The zero-order valence-corrected chi connectivity index (χ0v) is 22.7. The van der Waals surface area contributed by atoms with Crippen molar-refractivity contribution < 1.29 is 13.9 Å². The first-order chi connectivity index (χ1) is 14.8. The molecular formula is C27H55NO2P+. The maximum atomic E-state index is 12.1. The van der Waals surface area contributed by atoms with Gasteiger partial charge >= 0.3 is 8.03 Å². The second kappa shape index (κ2) is 19.2.